The van der Waals surface area contributed by atoms with Gasteiger partial charge < -0.3 is 15.4 Å². The largest absolute Gasteiger partial charge is 0.462 e. The monoisotopic (exact) mass is 382 g/mol. The third kappa shape index (κ3) is 5.52. The van der Waals surface area contributed by atoms with Crippen molar-refractivity contribution >= 4 is 23.5 Å². The van der Waals surface area contributed by atoms with Crippen LogP contribution in [0.3, 0.4) is 0 Å². The summed E-state index contributed by atoms with van der Waals surface area (Å²) in [5.41, 5.74) is 1.68. The Balaban J connectivity index is 1.56. The van der Waals surface area contributed by atoms with E-state index in [1.165, 1.54) is 38.1 Å². The molecule has 1 amide bonds. The lowest BCUT2D eigenvalue weighted by Gasteiger charge is -2.16. The third-order valence-electron chi connectivity index (χ3n) is 4.76. The molecule has 7 nitrogen and oxygen atoms in total. The highest BCUT2D eigenvalue weighted by atomic mass is 16.5. The van der Waals surface area contributed by atoms with Crippen LogP contribution >= 0.6 is 0 Å². The summed E-state index contributed by atoms with van der Waals surface area (Å²) in [6.07, 6.45) is 9.94. The topological polar surface area (TPSA) is 93.2 Å². The Morgan fingerprint density at radius 2 is 1.64 bits per heavy atom. The number of nitrogens with one attached hydrogen (secondary N) is 2. The van der Waals surface area contributed by atoms with E-state index < -0.39 is 0 Å². The van der Waals surface area contributed by atoms with Gasteiger partial charge in [-0.1, -0.05) is 25.7 Å². The van der Waals surface area contributed by atoms with Crippen LogP contribution in [-0.4, -0.2) is 34.5 Å². The van der Waals surface area contributed by atoms with E-state index in [9.17, 15) is 9.59 Å². The molecule has 1 aliphatic rings. The Bertz CT molecular complexity index is 782. The van der Waals surface area contributed by atoms with E-state index in [0.717, 1.165) is 18.5 Å². The van der Waals surface area contributed by atoms with Gasteiger partial charge >= 0.3 is 5.97 Å². The summed E-state index contributed by atoms with van der Waals surface area (Å²) in [6, 6.07) is 7.10. The molecule has 2 aromatic rings. The molecule has 7 heteroatoms. The average molecular weight is 382 g/mol. The summed E-state index contributed by atoms with van der Waals surface area (Å²) in [5, 5.41) is 6.14. The van der Waals surface area contributed by atoms with Crippen LogP contribution in [0.5, 0.6) is 0 Å². The Morgan fingerprint density at radius 1 is 1.00 bits per heavy atom. The predicted molar refractivity (Wildman–Crippen MR) is 107 cm³/mol. The number of carbonyl (C=O) groups is 2. The quantitative estimate of drug-likeness (QED) is 0.582. The summed E-state index contributed by atoms with van der Waals surface area (Å²) in [6.45, 7) is 2.11. The first kappa shape index (κ1) is 19.8. The van der Waals surface area contributed by atoms with Gasteiger partial charge in [-0.3, -0.25) is 4.79 Å². The summed E-state index contributed by atoms with van der Waals surface area (Å²) in [4.78, 5) is 32.5. The van der Waals surface area contributed by atoms with Crippen molar-refractivity contribution in [2.24, 2.45) is 0 Å². The molecule has 0 atom stereocenters. The molecular weight excluding hydrogens is 356 g/mol. The molecular formula is C21H26N4O3. The van der Waals surface area contributed by atoms with Crippen LogP contribution in [0.4, 0.5) is 11.6 Å². The van der Waals surface area contributed by atoms with E-state index in [0.29, 0.717) is 23.7 Å². The molecule has 1 aliphatic carbocycles. The zero-order chi connectivity index (χ0) is 19.8. The normalized spacial score (nSPS) is 14.8. The van der Waals surface area contributed by atoms with Crippen LogP contribution in [0.15, 0.2) is 36.7 Å². The Morgan fingerprint density at radius 3 is 2.25 bits per heavy atom. The maximum absolute atomic E-state index is 12.4. The van der Waals surface area contributed by atoms with Gasteiger partial charge in [-0.2, -0.15) is 0 Å². The van der Waals surface area contributed by atoms with Gasteiger partial charge in [0.25, 0.3) is 5.91 Å². The predicted octanol–water partition coefficient (Wildman–Crippen LogP) is 3.85. The van der Waals surface area contributed by atoms with Crippen molar-refractivity contribution in [2.45, 2.75) is 51.5 Å². The van der Waals surface area contributed by atoms with Crippen molar-refractivity contribution in [1.82, 2.24) is 15.3 Å². The van der Waals surface area contributed by atoms with Gasteiger partial charge in [0.15, 0.2) is 0 Å². The molecule has 1 fully saturated rings. The average Bonchev–Trinajstić information content (AvgIpc) is 2.98. The van der Waals surface area contributed by atoms with E-state index in [2.05, 4.69) is 20.6 Å². The minimum absolute atomic E-state index is 0.128. The first-order valence-electron chi connectivity index (χ1n) is 9.83. The second-order valence-electron chi connectivity index (χ2n) is 6.88. The highest BCUT2D eigenvalue weighted by molar-refractivity contribution is 5.94. The molecule has 0 aliphatic heterocycles. The van der Waals surface area contributed by atoms with E-state index >= 15 is 0 Å². The van der Waals surface area contributed by atoms with Gasteiger partial charge in [-0.05, 0) is 44.0 Å². The van der Waals surface area contributed by atoms with Crippen molar-refractivity contribution < 1.29 is 14.3 Å². The minimum Gasteiger partial charge on any atom is -0.462 e. The number of nitrogens with zero attached hydrogens (tertiary/aromatic N) is 2. The summed E-state index contributed by atoms with van der Waals surface area (Å²) in [7, 11) is 0. The second kappa shape index (κ2) is 9.82. The zero-order valence-corrected chi connectivity index (χ0v) is 16.1. The Labute approximate surface area is 164 Å². The summed E-state index contributed by atoms with van der Waals surface area (Å²) in [5.74, 6) is -0.0959. The number of hydrogen-bond acceptors (Lipinski definition) is 6. The molecule has 1 heterocycles. The number of hydrogen-bond donors (Lipinski definition) is 2. The molecule has 1 aromatic heterocycles. The molecule has 1 saturated carbocycles. The van der Waals surface area contributed by atoms with Crippen LogP contribution in [0, 0.1) is 0 Å². The second-order valence-corrected chi connectivity index (χ2v) is 6.88. The SMILES string of the molecule is CCOC(=O)c1ccc(Nc2ncc(C(=O)NC3CCCCCC3)cn2)cc1. The molecule has 2 N–H and O–H groups in total. The molecule has 28 heavy (non-hydrogen) atoms. The van der Waals surface area contributed by atoms with Crippen molar-refractivity contribution in [3.05, 3.63) is 47.8 Å². The van der Waals surface area contributed by atoms with E-state index in [4.69, 9.17) is 4.74 Å². The molecule has 0 spiro atoms. The van der Waals surface area contributed by atoms with Crippen molar-refractivity contribution in [3.63, 3.8) is 0 Å². The first-order chi connectivity index (χ1) is 13.7. The lowest BCUT2D eigenvalue weighted by atomic mass is 10.1. The maximum Gasteiger partial charge on any atom is 0.338 e. The molecule has 0 saturated heterocycles. The Hall–Kier alpha value is -2.96. The zero-order valence-electron chi connectivity index (χ0n) is 16.1. The van der Waals surface area contributed by atoms with Crippen LogP contribution < -0.4 is 10.6 Å². The molecule has 148 valence electrons. The minimum atomic E-state index is -0.352. The van der Waals surface area contributed by atoms with E-state index in [1.54, 1.807) is 31.2 Å². The third-order valence-corrected chi connectivity index (χ3v) is 4.76. The smallest absolute Gasteiger partial charge is 0.338 e. The van der Waals surface area contributed by atoms with Crippen molar-refractivity contribution in [2.75, 3.05) is 11.9 Å². The fourth-order valence-electron chi connectivity index (χ4n) is 3.24. The lowest BCUT2D eigenvalue weighted by molar-refractivity contribution is 0.0526. The first-order valence-corrected chi connectivity index (χ1v) is 9.83. The number of anilines is 2. The summed E-state index contributed by atoms with van der Waals surface area (Å²) < 4.78 is 4.96. The number of esters is 1. The van der Waals surface area contributed by atoms with Gasteiger partial charge in [-0.25, -0.2) is 14.8 Å². The number of carbonyl (C=O) groups excluding carboxylic acids is 2. The van der Waals surface area contributed by atoms with Crippen molar-refractivity contribution in [1.29, 1.82) is 0 Å². The number of ether oxygens (including phenoxy) is 1. The molecule has 1 aromatic carbocycles. The number of rotatable bonds is 6. The van der Waals surface area contributed by atoms with Gasteiger partial charge in [0.05, 0.1) is 17.7 Å². The van der Waals surface area contributed by atoms with Gasteiger partial charge in [0.1, 0.15) is 0 Å². The van der Waals surface area contributed by atoms with E-state index in [1.807, 2.05) is 0 Å². The Kier molecular flexibility index (Phi) is 6.94. The van der Waals surface area contributed by atoms with Gasteiger partial charge in [-0.15, -0.1) is 0 Å². The van der Waals surface area contributed by atoms with Crippen LogP contribution in [0.1, 0.15) is 66.2 Å². The molecule has 0 radical (unpaired) electrons. The van der Waals surface area contributed by atoms with Gasteiger partial charge in [0, 0.05) is 24.1 Å². The molecule has 3 rings (SSSR count). The van der Waals surface area contributed by atoms with Crippen LogP contribution in [0.2, 0.25) is 0 Å². The van der Waals surface area contributed by atoms with Gasteiger partial charge in [0.2, 0.25) is 5.95 Å². The number of amides is 1. The van der Waals surface area contributed by atoms with Crippen molar-refractivity contribution in [3.8, 4) is 0 Å². The number of benzene rings is 1. The molecule has 0 bridgehead atoms. The van der Waals surface area contributed by atoms with Crippen LogP contribution in [-0.2, 0) is 4.74 Å². The highest BCUT2D eigenvalue weighted by Gasteiger charge is 2.16. The molecule has 0 unspecified atom stereocenters. The van der Waals surface area contributed by atoms with E-state index in [-0.39, 0.29) is 17.9 Å². The lowest BCUT2D eigenvalue weighted by Crippen LogP contribution is -2.34. The summed E-state index contributed by atoms with van der Waals surface area (Å²) >= 11 is 0. The fourth-order valence-corrected chi connectivity index (χ4v) is 3.24. The van der Waals surface area contributed by atoms with Crippen LogP contribution in [0.25, 0.3) is 0 Å². The standard InChI is InChI=1S/C21H26N4O3/c1-2-28-20(27)15-9-11-18(12-10-15)25-21-22-13-16(14-23-21)19(26)24-17-7-5-3-4-6-8-17/h9-14,17H,2-8H2,1H3,(H,24,26)(H,22,23,25). The fraction of sp³-hybridized carbons (Fsp3) is 0.429. The maximum atomic E-state index is 12.4. The number of aromatic nitrogens is 2. The highest BCUT2D eigenvalue weighted by Crippen LogP contribution is 2.18.